The molecule has 5 heteroatoms. The molecule has 0 amide bonds. The molecule has 0 bridgehead atoms. The van der Waals surface area contributed by atoms with E-state index in [9.17, 15) is 0 Å². The summed E-state index contributed by atoms with van der Waals surface area (Å²) in [6, 6.07) is 8.19. The van der Waals surface area contributed by atoms with Crippen LogP contribution in [0.25, 0.3) is 11.2 Å². The van der Waals surface area contributed by atoms with Crippen molar-refractivity contribution in [1.29, 1.82) is 0 Å². The molecule has 3 aromatic rings. The summed E-state index contributed by atoms with van der Waals surface area (Å²) in [7, 11) is 0. The minimum Gasteiger partial charge on any atom is -0.342 e. The average molecular weight is 242 g/mol. The number of nitrogens with zero attached hydrogens (tertiary/aromatic N) is 3. The van der Waals surface area contributed by atoms with Crippen LogP contribution in [0.15, 0.2) is 46.8 Å². The van der Waals surface area contributed by atoms with Crippen LogP contribution < -0.4 is 0 Å². The minimum atomic E-state index is 0.705. The van der Waals surface area contributed by atoms with E-state index in [1.54, 1.807) is 24.3 Å². The minimum absolute atomic E-state index is 0.705. The normalized spacial score (nSPS) is 10.9. The zero-order valence-corrected chi connectivity index (χ0v) is 10.0. The van der Waals surface area contributed by atoms with E-state index in [1.807, 2.05) is 12.1 Å². The lowest BCUT2D eigenvalue weighted by Crippen LogP contribution is -1.88. The Labute approximate surface area is 103 Å². The number of benzene rings is 1. The van der Waals surface area contributed by atoms with E-state index < -0.39 is 0 Å². The number of rotatable bonds is 2. The third-order valence-corrected chi connectivity index (χ3v) is 3.51. The first-order chi connectivity index (χ1) is 8.33. The zero-order chi connectivity index (χ0) is 11.7. The number of hydrogen-bond donors (Lipinski definition) is 1. The highest BCUT2D eigenvalue weighted by atomic mass is 32.2. The molecule has 1 N–H and O–H groups in total. The van der Waals surface area contributed by atoms with E-state index in [4.69, 9.17) is 0 Å². The summed E-state index contributed by atoms with van der Waals surface area (Å²) in [5, 5.41) is 0.721. The first-order valence-corrected chi connectivity index (χ1v) is 6.04. The van der Waals surface area contributed by atoms with Gasteiger partial charge in [-0.1, -0.05) is 18.2 Å². The van der Waals surface area contributed by atoms with Crippen LogP contribution in [-0.2, 0) is 0 Å². The van der Waals surface area contributed by atoms with Gasteiger partial charge in [-0.25, -0.2) is 15.0 Å². The number of aryl methyl sites for hydroxylation is 1. The lowest BCUT2D eigenvalue weighted by molar-refractivity contribution is 0.992. The third-order valence-electron chi connectivity index (χ3n) is 2.45. The molecule has 0 radical (unpaired) electrons. The van der Waals surface area contributed by atoms with Crippen molar-refractivity contribution in [3.05, 3.63) is 42.4 Å². The fourth-order valence-corrected chi connectivity index (χ4v) is 2.35. The SMILES string of the molecule is Cc1ccccc1Sc1ncc2[nH]cnc2n1. The van der Waals surface area contributed by atoms with Gasteiger partial charge in [0.1, 0.15) is 5.52 Å². The predicted octanol–water partition coefficient (Wildman–Crippen LogP) is 2.81. The number of aromatic amines is 1. The zero-order valence-electron chi connectivity index (χ0n) is 9.21. The molecule has 2 aromatic heterocycles. The topological polar surface area (TPSA) is 54.5 Å². The Morgan fingerprint density at radius 3 is 2.94 bits per heavy atom. The van der Waals surface area contributed by atoms with E-state index in [0.717, 1.165) is 10.7 Å². The fraction of sp³-hybridized carbons (Fsp3) is 0.0833. The van der Waals surface area contributed by atoms with Gasteiger partial charge in [-0.15, -0.1) is 0 Å². The monoisotopic (exact) mass is 242 g/mol. The van der Waals surface area contributed by atoms with E-state index in [1.165, 1.54) is 10.5 Å². The second-order valence-electron chi connectivity index (χ2n) is 3.66. The molecule has 0 spiro atoms. The van der Waals surface area contributed by atoms with Gasteiger partial charge < -0.3 is 4.98 Å². The maximum atomic E-state index is 4.38. The van der Waals surface area contributed by atoms with Gasteiger partial charge in [-0.3, -0.25) is 0 Å². The van der Waals surface area contributed by atoms with Crippen molar-refractivity contribution < 1.29 is 0 Å². The lowest BCUT2D eigenvalue weighted by atomic mass is 10.2. The van der Waals surface area contributed by atoms with Crippen LogP contribution in [0, 0.1) is 6.92 Å². The highest BCUT2D eigenvalue weighted by molar-refractivity contribution is 7.99. The second-order valence-corrected chi connectivity index (χ2v) is 4.67. The Hall–Kier alpha value is -1.88. The second kappa shape index (κ2) is 4.18. The van der Waals surface area contributed by atoms with Crippen molar-refractivity contribution >= 4 is 22.9 Å². The van der Waals surface area contributed by atoms with Crippen molar-refractivity contribution in [1.82, 2.24) is 19.9 Å². The van der Waals surface area contributed by atoms with Crippen molar-refractivity contribution in [2.24, 2.45) is 0 Å². The van der Waals surface area contributed by atoms with E-state index in [2.05, 4.69) is 39.0 Å². The Balaban J connectivity index is 1.97. The number of nitrogens with one attached hydrogen (secondary N) is 1. The summed E-state index contributed by atoms with van der Waals surface area (Å²) >= 11 is 1.56. The van der Waals surface area contributed by atoms with Crippen LogP contribution in [0.2, 0.25) is 0 Å². The van der Waals surface area contributed by atoms with Crippen LogP contribution in [0.4, 0.5) is 0 Å². The fourth-order valence-electron chi connectivity index (χ4n) is 1.54. The van der Waals surface area contributed by atoms with E-state index >= 15 is 0 Å². The van der Waals surface area contributed by atoms with E-state index in [-0.39, 0.29) is 0 Å². The van der Waals surface area contributed by atoms with Crippen molar-refractivity contribution in [3.63, 3.8) is 0 Å². The molecule has 0 saturated heterocycles. The van der Waals surface area contributed by atoms with Crippen LogP contribution in [0.1, 0.15) is 5.56 Å². The number of aromatic nitrogens is 4. The van der Waals surface area contributed by atoms with E-state index in [0.29, 0.717) is 5.65 Å². The molecule has 84 valence electrons. The van der Waals surface area contributed by atoms with Gasteiger partial charge in [0.2, 0.25) is 0 Å². The third kappa shape index (κ3) is 2.01. The Bertz CT molecular complexity index is 662. The maximum absolute atomic E-state index is 4.38. The first-order valence-electron chi connectivity index (χ1n) is 5.22. The van der Waals surface area contributed by atoms with Crippen LogP contribution in [-0.4, -0.2) is 19.9 Å². The molecule has 0 unspecified atom stereocenters. The van der Waals surface area contributed by atoms with Gasteiger partial charge in [0, 0.05) is 4.90 Å². The summed E-state index contributed by atoms with van der Waals surface area (Å²) in [4.78, 5) is 16.9. The number of fused-ring (bicyclic) bond motifs is 1. The molecule has 1 aromatic carbocycles. The first kappa shape index (κ1) is 10.3. The molecular weight excluding hydrogens is 232 g/mol. The smallest absolute Gasteiger partial charge is 0.194 e. The Kier molecular flexibility index (Phi) is 2.53. The summed E-state index contributed by atoms with van der Waals surface area (Å²) in [5.74, 6) is 0. The highest BCUT2D eigenvalue weighted by Crippen LogP contribution is 2.27. The summed E-state index contributed by atoms with van der Waals surface area (Å²) in [6.07, 6.45) is 3.39. The van der Waals surface area contributed by atoms with Gasteiger partial charge in [0.25, 0.3) is 0 Å². The number of imidazole rings is 1. The van der Waals surface area contributed by atoms with Crippen molar-refractivity contribution in [2.75, 3.05) is 0 Å². The van der Waals surface area contributed by atoms with Crippen molar-refractivity contribution in [2.45, 2.75) is 17.0 Å². The maximum Gasteiger partial charge on any atom is 0.194 e. The molecule has 17 heavy (non-hydrogen) atoms. The summed E-state index contributed by atoms with van der Waals surface area (Å²) in [6.45, 7) is 2.08. The molecule has 3 rings (SSSR count). The van der Waals surface area contributed by atoms with Gasteiger partial charge in [0.15, 0.2) is 10.8 Å². The molecule has 0 atom stereocenters. The quantitative estimate of drug-likeness (QED) is 0.702. The molecule has 0 fully saturated rings. The van der Waals surface area contributed by atoms with Gasteiger partial charge in [-0.2, -0.15) is 0 Å². The summed E-state index contributed by atoms with van der Waals surface area (Å²) in [5.41, 5.74) is 2.79. The van der Waals surface area contributed by atoms with Gasteiger partial charge >= 0.3 is 0 Å². The van der Waals surface area contributed by atoms with Crippen LogP contribution in [0.3, 0.4) is 0 Å². The lowest BCUT2D eigenvalue weighted by Gasteiger charge is -2.02. The number of hydrogen-bond acceptors (Lipinski definition) is 4. The molecule has 0 aliphatic carbocycles. The number of H-pyrrole nitrogens is 1. The Morgan fingerprint density at radius 2 is 2.06 bits per heavy atom. The van der Waals surface area contributed by atoms with Gasteiger partial charge in [-0.05, 0) is 30.3 Å². The van der Waals surface area contributed by atoms with Crippen LogP contribution >= 0.6 is 11.8 Å². The van der Waals surface area contributed by atoms with Crippen LogP contribution in [0.5, 0.6) is 0 Å². The van der Waals surface area contributed by atoms with Crippen molar-refractivity contribution in [3.8, 4) is 0 Å². The van der Waals surface area contributed by atoms with Gasteiger partial charge in [0.05, 0.1) is 12.5 Å². The molecule has 2 heterocycles. The molecule has 0 aliphatic heterocycles. The average Bonchev–Trinajstić information content (AvgIpc) is 2.79. The molecule has 4 nitrogen and oxygen atoms in total. The summed E-state index contributed by atoms with van der Waals surface area (Å²) < 4.78 is 0. The highest BCUT2D eigenvalue weighted by Gasteiger charge is 2.05. The predicted molar refractivity (Wildman–Crippen MR) is 67.0 cm³/mol. The molecule has 0 saturated carbocycles. The largest absolute Gasteiger partial charge is 0.342 e. The Morgan fingerprint density at radius 1 is 1.18 bits per heavy atom. The molecule has 0 aliphatic rings. The standard InChI is InChI=1S/C12H10N4S/c1-8-4-2-3-5-10(8)17-12-13-6-9-11(16-12)15-7-14-9/h2-7H,1H3,(H,13,14,15,16). The molecular formula is C12H10N4S.